The Bertz CT molecular complexity index is 1010. The highest BCUT2D eigenvalue weighted by atomic mass is 79.9. The summed E-state index contributed by atoms with van der Waals surface area (Å²) < 4.78 is 0.774. The van der Waals surface area contributed by atoms with Gasteiger partial charge in [0.25, 0.3) is 5.91 Å². The van der Waals surface area contributed by atoms with E-state index in [4.69, 9.17) is 16.7 Å². The van der Waals surface area contributed by atoms with E-state index in [2.05, 4.69) is 26.6 Å². The second kappa shape index (κ2) is 8.91. The van der Waals surface area contributed by atoms with Crippen LogP contribution in [0.5, 0.6) is 0 Å². The zero-order valence-electron chi connectivity index (χ0n) is 14.6. The molecule has 0 saturated carbocycles. The number of benzene rings is 3. The number of amides is 1. The molecule has 0 aliphatic rings. The van der Waals surface area contributed by atoms with Gasteiger partial charge < -0.3 is 15.7 Å². The van der Waals surface area contributed by atoms with Crippen LogP contribution in [-0.2, 0) is 6.54 Å². The lowest BCUT2D eigenvalue weighted by atomic mass is 10.1. The van der Waals surface area contributed by atoms with Crippen LogP contribution in [0.3, 0.4) is 0 Å². The van der Waals surface area contributed by atoms with Crippen molar-refractivity contribution in [3.05, 3.63) is 92.9 Å². The van der Waals surface area contributed by atoms with E-state index in [1.165, 1.54) is 12.1 Å². The third-order valence-electron chi connectivity index (χ3n) is 4.01. The first kappa shape index (κ1) is 19.9. The Kier molecular flexibility index (Phi) is 6.34. The van der Waals surface area contributed by atoms with Crippen LogP contribution in [-0.4, -0.2) is 17.0 Å². The van der Waals surface area contributed by atoms with E-state index in [0.717, 1.165) is 10.0 Å². The fraction of sp³-hybridized carbons (Fsp3) is 0.0476. The fourth-order valence-electron chi connectivity index (χ4n) is 2.55. The lowest BCUT2D eigenvalue weighted by Crippen LogP contribution is -2.15. The number of carbonyl (C=O) groups excluding carboxylic acids is 1. The second-order valence-corrected chi connectivity index (χ2v) is 7.36. The van der Waals surface area contributed by atoms with Gasteiger partial charge in [0.1, 0.15) is 0 Å². The minimum atomic E-state index is -1.02. The molecule has 0 fully saturated rings. The number of rotatable bonds is 6. The van der Waals surface area contributed by atoms with Crippen LogP contribution >= 0.6 is 27.5 Å². The molecule has 3 aromatic carbocycles. The normalized spacial score (nSPS) is 10.4. The van der Waals surface area contributed by atoms with Crippen molar-refractivity contribution in [2.24, 2.45) is 0 Å². The van der Waals surface area contributed by atoms with Crippen LogP contribution in [0.15, 0.2) is 71.2 Å². The summed E-state index contributed by atoms with van der Waals surface area (Å²) in [6, 6.07) is 18.9. The Morgan fingerprint density at radius 2 is 1.64 bits per heavy atom. The standard InChI is InChI=1S/C21H16BrClN2O3/c22-15-5-10-19(24-12-13-1-6-16(23)7-2-13)18(11-15)20(26)25-17-8-3-14(4-9-17)21(27)28/h1-11,24H,12H2,(H,25,26)(H,27,28). The summed E-state index contributed by atoms with van der Waals surface area (Å²) in [5, 5.41) is 15.7. The SMILES string of the molecule is O=C(O)c1ccc(NC(=O)c2cc(Br)ccc2NCc2ccc(Cl)cc2)cc1. The maximum atomic E-state index is 12.8. The molecule has 0 spiro atoms. The molecule has 0 saturated heterocycles. The van der Waals surface area contributed by atoms with E-state index < -0.39 is 5.97 Å². The molecule has 0 bridgehead atoms. The van der Waals surface area contributed by atoms with Crippen molar-refractivity contribution >= 4 is 50.8 Å². The Morgan fingerprint density at radius 1 is 0.964 bits per heavy atom. The quantitative estimate of drug-likeness (QED) is 0.444. The molecule has 1 amide bonds. The second-order valence-electron chi connectivity index (χ2n) is 6.01. The largest absolute Gasteiger partial charge is 0.478 e. The van der Waals surface area contributed by atoms with Gasteiger partial charge in [-0.2, -0.15) is 0 Å². The molecule has 0 atom stereocenters. The van der Waals surface area contributed by atoms with Gasteiger partial charge in [0.2, 0.25) is 0 Å². The molecular formula is C21H16BrClN2O3. The van der Waals surface area contributed by atoms with E-state index in [1.807, 2.05) is 36.4 Å². The molecule has 5 nitrogen and oxygen atoms in total. The predicted molar refractivity (Wildman–Crippen MR) is 114 cm³/mol. The van der Waals surface area contributed by atoms with Crippen molar-refractivity contribution in [2.75, 3.05) is 10.6 Å². The third-order valence-corrected chi connectivity index (χ3v) is 4.76. The first-order valence-corrected chi connectivity index (χ1v) is 9.52. The molecule has 28 heavy (non-hydrogen) atoms. The van der Waals surface area contributed by atoms with Gasteiger partial charge >= 0.3 is 5.97 Å². The number of halogens is 2. The molecule has 3 rings (SSSR count). The fourth-order valence-corrected chi connectivity index (χ4v) is 3.04. The molecule has 0 aliphatic carbocycles. The molecule has 142 valence electrons. The molecule has 7 heteroatoms. The molecule has 0 heterocycles. The Morgan fingerprint density at radius 3 is 2.29 bits per heavy atom. The topological polar surface area (TPSA) is 78.4 Å². The summed E-state index contributed by atoms with van der Waals surface area (Å²) in [6.45, 7) is 0.534. The molecule has 0 aliphatic heterocycles. The van der Waals surface area contributed by atoms with Crippen molar-refractivity contribution in [1.29, 1.82) is 0 Å². The molecule has 0 aromatic heterocycles. The van der Waals surface area contributed by atoms with Crippen molar-refractivity contribution in [3.8, 4) is 0 Å². The summed E-state index contributed by atoms with van der Waals surface area (Å²) in [5.74, 6) is -1.32. The van der Waals surface area contributed by atoms with Crippen molar-refractivity contribution in [3.63, 3.8) is 0 Å². The molecular weight excluding hydrogens is 444 g/mol. The summed E-state index contributed by atoms with van der Waals surface area (Å²) in [5.41, 5.74) is 2.84. The van der Waals surface area contributed by atoms with Gasteiger partial charge in [0.05, 0.1) is 11.1 Å². The van der Waals surface area contributed by atoms with Gasteiger partial charge in [-0.15, -0.1) is 0 Å². The van der Waals surface area contributed by atoms with E-state index in [0.29, 0.717) is 28.5 Å². The van der Waals surface area contributed by atoms with Crippen LogP contribution in [0.1, 0.15) is 26.3 Å². The van der Waals surface area contributed by atoms with Crippen molar-refractivity contribution < 1.29 is 14.7 Å². The predicted octanol–water partition coefficient (Wildman–Crippen LogP) is 5.67. The number of anilines is 2. The maximum Gasteiger partial charge on any atom is 0.335 e. The number of hydrogen-bond acceptors (Lipinski definition) is 3. The number of carbonyl (C=O) groups is 2. The van der Waals surface area contributed by atoms with Gasteiger partial charge in [0.15, 0.2) is 0 Å². The van der Waals surface area contributed by atoms with Gasteiger partial charge in [-0.05, 0) is 60.2 Å². The number of aromatic carboxylic acids is 1. The first-order chi connectivity index (χ1) is 13.4. The van der Waals surface area contributed by atoms with Gasteiger partial charge in [-0.3, -0.25) is 4.79 Å². The Labute approximate surface area is 175 Å². The highest BCUT2D eigenvalue weighted by molar-refractivity contribution is 9.10. The van der Waals surface area contributed by atoms with Crippen molar-refractivity contribution in [1.82, 2.24) is 0 Å². The van der Waals surface area contributed by atoms with Crippen LogP contribution in [0.25, 0.3) is 0 Å². The lowest BCUT2D eigenvalue weighted by Gasteiger charge is -2.13. The summed E-state index contributed by atoms with van der Waals surface area (Å²) in [6.07, 6.45) is 0. The number of carboxylic acid groups (broad SMARTS) is 1. The number of hydrogen-bond donors (Lipinski definition) is 3. The molecule has 3 N–H and O–H groups in total. The molecule has 0 unspecified atom stereocenters. The Hall–Kier alpha value is -2.83. The van der Waals surface area contributed by atoms with E-state index in [1.54, 1.807) is 18.2 Å². The third kappa shape index (κ3) is 5.12. The molecule has 3 aromatic rings. The van der Waals surface area contributed by atoms with Gasteiger partial charge in [0, 0.05) is 27.4 Å². The minimum absolute atomic E-state index is 0.158. The first-order valence-electron chi connectivity index (χ1n) is 8.35. The van der Waals surface area contributed by atoms with Gasteiger partial charge in [-0.1, -0.05) is 39.7 Å². The van der Waals surface area contributed by atoms with E-state index >= 15 is 0 Å². The van der Waals surface area contributed by atoms with E-state index in [-0.39, 0.29) is 11.5 Å². The highest BCUT2D eigenvalue weighted by Gasteiger charge is 2.13. The van der Waals surface area contributed by atoms with Crippen molar-refractivity contribution in [2.45, 2.75) is 6.54 Å². The van der Waals surface area contributed by atoms with Crippen LogP contribution in [0.2, 0.25) is 5.02 Å². The summed E-state index contributed by atoms with van der Waals surface area (Å²) in [4.78, 5) is 23.7. The number of carboxylic acids is 1. The number of nitrogens with one attached hydrogen (secondary N) is 2. The zero-order chi connectivity index (χ0) is 20.1. The van der Waals surface area contributed by atoms with E-state index in [9.17, 15) is 9.59 Å². The molecule has 0 radical (unpaired) electrons. The van der Waals surface area contributed by atoms with Crippen LogP contribution < -0.4 is 10.6 Å². The average Bonchev–Trinajstić information content (AvgIpc) is 2.68. The van der Waals surface area contributed by atoms with Crippen LogP contribution in [0.4, 0.5) is 11.4 Å². The Balaban J connectivity index is 1.76. The van der Waals surface area contributed by atoms with Crippen LogP contribution in [0, 0.1) is 0 Å². The lowest BCUT2D eigenvalue weighted by molar-refractivity contribution is 0.0696. The monoisotopic (exact) mass is 458 g/mol. The maximum absolute atomic E-state index is 12.8. The average molecular weight is 460 g/mol. The minimum Gasteiger partial charge on any atom is -0.478 e. The zero-order valence-corrected chi connectivity index (χ0v) is 16.9. The van der Waals surface area contributed by atoms with Gasteiger partial charge in [-0.25, -0.2) is 4.79 Å². The smallest absolute Gasteiger partial charge is 0.335 e. The summed E-state index contributed by atoms with van der Waals surface area (Å²) in [7, 11) is 0. The summed E-state index contributed by atoms with van der Waals surface area (Å²) >= 11 is 9.30. The highest BCUT2D eigenvalue weighted by Crippen LogP contribution is 2.23.